The summed E-state index contributed by atoms with van der Waals surface area (Å²) in [5.41, 5.74) is -0.432. The zero-order valence-corrected chi connectivity index (χ0v) is 14.2. The number of nitrogens with one attached hydrogen (secondary N) is 1. The molecule has 0 fully saturated rings. The summed E-state index contributed by atoms with van der Waals surface area (Å²) in [7, 11) is 0. The molecule has 0 unspecified atom stereocenters. The lowest BCUT2D eigenvalue weighted by Gasteiger charge is -2.09. The third-order valence-electron chi connectivity index (χ3n) is 2.91. The molecule has 7 nitrogen and oxygen atoms in total. The molecule has 25 heavy (non-hydrogen) atoms. The molecule has 0 aromatic carbocycles. The number of anilines is 1. The number of hydrogen-bond donors (Lipinski definition) is 1. The van der Waals surface area contributed by atoms with Gasteiger partial charge in [0.15, 0.2) is 5.13 Å². The third-order valence-corrected chi connectivity index (χ3v) is 3.72. The summed E-state index contributed by atoms with van der Waals surface area (Å²) in [5, 5.41) is 7.82. The number of aryl methyl sites for hydroxylation is 1. The average molecular weight is 376 g/mol. The summed E-state index contributed by atoms with van der Waals surface area (Å²) in [6, 6.07) is 0.869. The van der Waals surface area contributed by atoms with E-state index in [9.17, 15) is 22.8 Å². The molecule has 1 amide bonds. The molecule has 0 bridgehead atoms. The first-order valence-corrected chi connectivity index (χ1v) is 8.08. The van der Waals surface area contributed by atoms with E-state index in [-0.39, 0.29) is 23.9 Å². The van der Waals surface area contributed by atoms with E-state index >= 15 is 0 Å². The maximum absolute atomic E-state index is 12.9. The molecular weight excluding hydrogens is 361 g/mol. The highest BCUT2D eigenvalue weighted by atomic mass is 32.1. The van der Waals surface area contributed by atoms with Crippen molar-refractivity contribution in [1.82, 2.24) is 14.8 Å². The fourth-order valence-electron chi connectivity index (χ4n) is 1.99. The average Bonchev–Trinajstić information content (AvgIpc) is 3.05. The Bertz CT molecular complexity index is 770. The van der Waals surface area contributed by atoms with Gasteiger partial charge in [0.25, 0.3) is 0 Å². The number of alkyl halides is 3. The van der Waals surface area contributed by atoms with Crippen molar-refractivity contribution in [2.24, 2.45) is 0 Å². The standard InChI is InChI=1S/C14H15F3N4O3S/c1-3-24-12(23)5-9-7-25-13(18-9)19-11(22)6-21-10(14(15,16)17)4-8(2)20-21/h4,7H,3,5-6H2,1-2H3,(H,18,19,22). The number of thiazole rings is 1. The molecule has 0 aliphatic carbocycles. The van der Waals surface area contributed by atoms with Crippen LogP contribution in [0.3, 0.4) is 0 Å². The first-order valence-electron chi connectivity index (χ1n) is 7.20. The second-order valence-electron chi connectivity index (χ2n) is 5.00. The van der Waals surface area contributed by atoms with Crippen LogP contribution >= 0.6 is 11.3 Å². The Morgan fingerprint density at radius 2 is 2.12 bits per heavy atom. The summed E-state index contributed by atoms with van der Waals surface area (Å²) >= 11 is 1.06. The highest BCUT2D eigenvalue weighted by Crippen LogP contribution is 2.29. The summed E-state index contributed by atoms with van der Waals surface area (Å²) in [5.74, 6) is -1.15. The molecule has 11 heteroatoms. The summed E-state index contributed by atoms with van der Waals surface area (Å²) in [6.45, 7) is 2.73. The minimum absolute atomic E-state index is 0.0449. The highest BCUT2D eigenvalue weighted by molar-refractivity contribution is 7.13. The van der Waals surface area contributed by atoms with Gasteiger partial charge in [-0.1, -0.05) is 0 Å². The zero-order chi connectivity index (χ0) is 18.6. The molecule has 1 N–H and O–H groups in total. The minimum Gasteiger partial charge on any atom is -0.466 e. The minimum atomic E-state index is -4.60. The molecule has 0 radical (unpaired) electrons. The summed E-state index contributed by atoms with van der Waals surface area (Å²) < 4.78 is 44.0. The van der Waals surface area contributed by atoms with E-state index in [1.54, 1.807) is 12.3 Å². The molecule has 0 spiro atoms. The fourth-order valence-corrected chi connectivity index (χ4v) is 2.72. The van der Waals surface area contributed by atoms with E-state index in [2.05, 4.69) is 15.4 Å². The highest BCUT2D eigenvalue weighted by Gasteiger charge is 2.35. The Hall–Kier alpha value is -2.43. The summed E-state index contributed by atoms with van der Waals surface area (Å²) in [6.07, 6.45) is -4.65. The van der Waals surface area contributed by atoms with Crippen molar-refractivity contribution in [3.63, 3.8) is 0 Å². The molecule has 136 valence electrons. The Morgan fingerprint density at radius 3 is 2.76 bits per heavy atom. The third kappa shape index (κ3) is 5.28. The van der Waals surface area contributed by atoms with E-state index in [1.165, 1.54) is 6.92 Å². The Balaban J connectivity index is 2.00. The predicted octanol–water partition coefficient (Wildman–Crippen LogP) is 2.41. The number of halogens is 3. The normalized spacial score (nSPS) is 11.4. The van der Waals surface area contributed by atoms with Crippen molar-refractivity contribution in [1.29, 1.82) is 0 Å². The molecule has 0 aliphatic heterocycles. The molecular formula is C14H15F3N4O3S. The first kappa shape index (κ1) is 18.9. The molecule has 0 atom stereocenters. The van der Waals surface area contributed by atoms with Crippen molar-refractivity contribution in [3.05, 3.63) is 28.5 Å². The lowest BCUT2D eigenvalue weighted by atomic mass is 10.3. The molecule has 2 rings (SSSR count). The van der Waals surface area contributed by atoms with Crippen LogP contribution in [0.15, 0.2) is 11.4 Å². The van der Waals surface area contributed by atoms with Gasteiger partial charge in [-0.15, -0.1) is 11.3 Å². The van der Waals surface area contributed by atoms with Gasteiger partial charge in [0, 0.05) is 5.38 Å². The number of rotatable bonds is 6. The topological polar surface area (TPSA) is 86.1 Å². The molecule has 0 saturated carbocycles. The number of carbonyl (C=O) groups is 2. The predicted molar refractivity (Wildman–Crippen MR) is 83.0 cm³/mol. The van der Waals surface area contributed by atoms with Gasteiger partial charge in [0.1, 0.15) is 12.2 Å². The van der Waals surface area contributed by atoms with Crippen molar-refractivity contribution in [2.45, 2.75) is 33.0 Å². The van der Waals surface area contributed by atoms with Crippen LogP contribution in [0.25, 0.3) is 0 Å². The Kier molecular flexibility index (Phi) is 5.77. The monoisotopic (exact) mass is 376 g/mol. The number of nitrogens with zero attached hydrogens (tertiary/aromatic N) is 3. The van der Waals surface area contributed by atoms with Gasteiger partial charge in [-0.25, -0.2) is 4.98 Å². The quantitative estimate of drug-likeness (QED) is 0.783. The van der Waals surface area contributed by atoms with Crippen molar-refractivity contribution in [2.75, 3.05) is 11.9 Å². The van der Waals surface area contributed by atoms with Crippen molar-refractivity contribution in [3.8, 4) is 0 Å². The largest absolute Gasteiger partial charge is 0.466 e. The lowest BCUT2D eigenvalue weighted by molar-refractivity contribution is -0.145. The number of aromatic nitrogens is 3. The molecule has 2 aromatic heterocycles. The van der Waals surface area contributed by atoms with E-state index < -0.39 is 30.3 Å². The number of ether oxygens (including phenoxy) is 1. The van der Waals surface area contributed by atoms with Gasteiger partial charge >= 0.3 is 12.1 Å². The Labute approximate surface area is 144 Å². The van der Waals surface area contributed by atoms with Crippen molar-refractivity contribution >= 4 is 28.3 Å². The van der Waals surface area contributed by atoms with Gasteiger partial charge in [-0.05, 0) is 19.9 Å². The molecule has 2 aromatic rings. The van der Waals surface area contributed by atoms with Crippen LogP contribution in [0.1, 0.15) is 24.0 Å². The lowest BCUT2D eigenvalue weighted by Crippen LogP contribution is -2.23. The van der Waals surface area contributed by atoms with Crippen LogP contribution < -0.4 is 5.32 Å². The van der Waals surface area contributed by atoms with Gasteiger partial charge in [0.2, 0.25) is 5.91 Å². The number of esters is 1. The second-order valence-corrected chi connectivity index (χ2v) is 5.86. The SMILES string of the molecule is CCOC(=O)Cc1csc(NC(=O)Cn2nc(C)cc2C(F)(F)F)n1. The van der Waals surface area contributed by atoms with E-state index in [0.717, 1.165) is 17.4 Å². The van der Waals surface area contributed by atoms with Gasteiger partial charge in [-0.3, -0.25) is 14.3 Å². The zero-order valence-electron chi connectivity index (χ0n) is 13.4. The maximum Gasteiger partial charge on any atom is 0.433 e. The van der Waals surface area contributed by atoms with Gasteiger partial charge in [0.05, 0.1) is 24.4 Å². The second kappa shape index (κ2) is 7.64. The van der Waals surface area contributed by atoms with Crippen LogP contribution in [0.4, 0.5) is 18.3 Å². The van der Waals surface area contributed by atoms with E-state index in [4.69, 9.17) is 4.74 Å². The molecule has 2 heterocycles. The first-order chi connectivity index (χ1) is 11.7. The van der Waals surface area contributed by atoms with Crippen LogP contribution in [-0.4, -0.2) is 33.2 Å². The number of hydrogen-bond acceptors (Lipinski definition) is 6. The van der Waals surface area contributed by atoms with Crippen LogP contribution in [0.5, 0.6) is 0 Å². The smallest absolute Gasteiger partial charge is 0.433 e. The van der Waals surface area contributed by atoms with Crippen molar-refractivity contribution < 1.29 is 27.5 Å². The van der Waals surface area contributed by atoms with Crippen LogP contribution in [0, 0.1) is 6.92 Å². The summed E-state index contributed by atoms with van der Waals surface area (Å²) in [4.78, 5) is 27.3. The maximum atomic E-state index is 12.9. The molecule has 0 saturated heterocycles. The number of carbonyl (C=O) groups excluding carboxylic acids is 2. The Morgan fingerprint density at radius 1 is 1.40 bits per heavy atom. The van der Waals surface area contributed by atoms with E-state index in [0.29, 0.717) is 10.4 Å². The van der Waals surface area contributed by atoms with Crippen LogP contribution in [-0.2, 0) is 33.5 Å². The van der Waals surface area contributed by atoms with Gasteiger partial charge < -0.3 is 10.1 Å². The van der Waals surface area contributed by atoms with Gasteiger partial charge in [-0.2, -0.15) is 18.3 Å². The van der Waals surface area contributed by atoms with Crippen LogP contribution in [0.2, 0.25) is 0 Å². The van der Waals surface area contributed by atoms with E-state index in [1.807, 2.05) is 0 Å². The molecule has 0 aliphatic rings. The fraction of sp³-hybridized carbons (Fsp3) is 0.429. The number of amides is 1.